The molecule has 1 aliphatic rings. The third kappa shape index (κ3) is 4.37. The van der Waals surface area contributed by atoms with Crippen molar-refractivity contribution < 1.29 is 24.5 Å². The van der Waals surface area contributed by atoms with Crippen LogP contribution in [0.2, 0.25) is 0 Å². The minimum atomic E-state index is -0.456. The van der Waals surface area contributed by atoms with E-state index in [9.17, 15) is 19.8 Å². The van der Waals surface area contributed by atoms with Crippen LogP contribution in [0.4, 0.5) is 4.79 Å². The highest BCUT2D eigenvalue weighted by Crippen LogP contribution is 2.43. The number of carbonyl (C=O) groups is 2. The lowest BCUT2D eigenvalue weighted by molar-refractivity contribution is -0.123. The molecule has 2 N–H and O–H groups in total. The molecule has 146 valence electrons. The number of hydrogen-bond donors (Lipinski definition) is 2. The lowest BCUT2D eigenvalue weighted by atomic mass is 10.1. The maximum absolute atomic E-state index is 12.6. The summed E-state index contributed by atoms with van der Waals surface area (Å²) in [6, 6.07) is 8.96. The fraction of sp³-hybridized carbons (Fsp3) is 0.158. The second kappa shape index (κ2) is 8.59. The average molecular weight is 529 g/mol. The first-order valence-corrected chi connectivity index (χ1v) is 10.5. The molecule has 3 rings (SSSR count). The molecule has 6 nitrogen and oxygen atoms in total. The van der Waals surface area contributed by atoms with Crippen molar-refractivity contribution in [1.82, 2.24) is 4.90 Å². The summed E-state index contributed by atoms with van der Waals surface area (Å²) >= 11 is 7.05. The van der Waals surface area contributed by atoms with E-state index in [1.807, 2.05) is 31.2 Å². The van der Waals surface area contributed by atoms with Crippen LogP contribution in [0.3, 0.4) is 0 Å². The summed E-state index contributed by atoms with van der Waals surface area (Å²) in [5, 5.41) is 19.6. The van der Waals surface area contributed by atoms with Gasteiger partial charge in [-0.3, -0.25) is 14.5 Å². The number of phenols is 2. The van der Waals surface area contributed by atoms with E-state index in [-0.39, 0.29) is 39.6 Å². The van der Waals surface area contributed by atoms with Crippen LogP contribution in [0.5, 0.6) is 17.2 Å². The topological polar surface area (TPSA) is 87.1 Å². The predicted molar refractivity (Wildman–Crippen MR) is 115 cm³/mol. The molecular formula is C19H15Br2NO5S. The third-order valence-corrected chi connectivity index (χ3v) is 6.19. The van der Waals surface area contributed by atoms with Crippen molar-refractivity contribution in [2.24, 2.45) is 0 Å². The molecule has 0 radical (unpaired) electrons. The number of amides is 2. The molecule has 0 atom stereocenters. The van der Waals surface area contributed by atoms with Gasteiger partial charge in [-0.1, -0.05) is 12.1 Å². The van der Waals surface area contributed by atoms with Crippen LogP contribution in [-0.2, 0) is 4.79 Å². The van der Waals surface area contributed by atoms with E-state index in [1.54, 1.807) is 0 Å². The Labute approximate surface area is 182 Å². The Balaban J connectivity index is 1.72. The highest BCUT2D eigenvalue weighted by molar-refractivity contribution is 9.11. The van der Waals surface area contributed by atoms with Crippen LogP contribution in [0.15, 0.2) is 44.2 Å². The monoisotopic (exact) mass is 527 g/mol. The van der Waals surface area contributed by atoms with Gasteiger partial charge in [0.2, 0.25) is 0 Å². The van der Waals surface area contributed by atoms with Crippen molar-refractivity contribution in [2.75, 3.05) is 13.2 Å². The van der Waals surface area contributed by atoms with Gasteiger partial charge in [-0.15, -0.1) is 0 Å². The molecule has 0 aromatic heterocycles. The molecule has 9 heteroatoms. The van der Waals surface area contributed by atoms with Gasteiger partial charge in [-0.2, -0.15) is 0 Å². The summed E-state index contributed by atoms with van der Waals surface area (Å²) in [5.41, 5.74) is 1.34. The van der Waals surface area contributed by atoms with E-state index < -0.39 is 11.1 Å². The van der Waals surface area contributed by atoms with E-state index in [2.05, 4.69) is 31.9 Å². The fourth-order valence-corrected chi connectivity index (χ4v) is 4.53. The summed E-state index contributed by atoms with van der Waals surface area (Å²) in [6.45, 7) is 2.24. The van der Waals surface area contributed by atoms with Crippen molar-refractivity contribution in [1.29, 1.82) is 0 Å². The maximum Gasteiger partial charge on any atom is 0.293 e. The number of aromatic hydroxyl groups is 2. The molecular weight excluding hydrogens is 514 g/mol. The Morgan fingerprint density at radius 2 is 1.93 bits per heavy atom. The van der Waals surface area contributed by atoms with Gasteiger partial charge < -0.3 is 14.9 Å². The van der Waals surface area contributed by atoms with Crippen molar-refractivity contribution in [3.8, 4) is 17.2 Å². The molecule has 0 unspecified atom stereocenters. The van der Waals surface area contributed by atoms with Gasteiger partial charge >= 0.3 is 0 Å². The Kier molecular flexibility index (Phi) is 6.36. The second-order valence-corrected chi connectivity index (χ2v) is 8.60. The van der Waals surface area contributed by atoms with Crippen molar-refractivity contribution in [3.05, 3.63) is 55.3 Å². The van der Waals surface area contributed by atoms with Crippen molar-refractivity contribution >= 4 is 60.8 Å². The van der Waals surface area contributed by atoms with Gasteiger partial charge in [0.15, 0.2) is 0 Å². The average Bonchev–Trinajstić information content (AvgIpc) is 2.92. The number of aryl methyl sites for hydroxylation is 1. The quantitative estimate of drug-likeness (QED) is 0.528. The highest BCUT2D eigenvalue weighted by atomic mass is 79.9. The standard InChI is InChI=1S/C19H15Br2NO5S/c1-10-3-2-4-12(7-10)27-6-5-22-18(25)14(28-19(22)26)9-11-8-13(20)17(24)15(21)16(11)23/h2-4,7-9,23-24H,5-6H2,1H3/b14-9-. The minimum Gasteiger partial charge on any atom is -0.506 e. The molecule has 0 spiro atoms. The Bertz CT molecular complexity index is 993. The van der Waals surface area contributed by atoms with Crippen LogP contribution in [0.25, 0.3) is 6.08 Å². The zero-order valence-corrected chi connectivity index (χ0v) is 18.6. The number of ether oxygens (including phenoxy) is 1. The van der Waals surface area contributed by atoms with E-state index in [4.69, 9.17) is 4.74 Å². The molecule has 2 aromatic carbocycles. The van der Waals surface area contributed by atoms with Crippen LogP contribution >= 0.6 is 43.6 Å². The third-order valence-electron chi connectivity index (χ3n) is 3.93. The van der Waals surface area contributed by atoms with Crippen LogP contribution in [0, 0.1) is 6.92 Å². The molecule has 2 amide bonds. The second-order valence-electron chi connectivity index (χ2n) is 5.96. The molecule has 0 bridgehead atoms. The van der Waals surface area contributed by atoms with Crippen molar-refractivity contribution in [2.45, 2.75) is 6.92 Å². The van der Waals surface area contributed by atoms with Gasteiger partial charge in [0.1, 0.15) is 28.3 Å². The number of phenolic OH excluding ortho intramolecular Hbond substituents is 2. The summed E-state index contributed by atoms with van der Waals surface area (Å²) in [5.74, 6) is -0.167. The summed E-state index contributed by atoms with van der Waals surface area (Å²) in [7, 11) is 0. The lowest BCUT2D eigenvalue weighted by Crippen LogP contribution is -2.32. The highest BCUT2D eigenvalue weighted by Gasteiger charge is 2.35. The molecule has 1 saturated heterocycles. The minimum absolute atomic E-state index is 0.0962. The number of halogens is 2. The van der Waals surface area contributed by atoms with Crippen molar-refractivity contribution in [3.63, 3.8) is 0 Å². The van der Waals surface area contributed by atoms with Gasteiger partial charge in [-0.25, -0.2) is 0 Å². The van der Waals surface area contributed by atoms with Gasteiger partial charge in [0, 0.05) is 5.56 Å². The van der Waals surface area contributed by atoms with Crippen LogP contribution in [0.1, 0.15) is 11.1 Å². The van der Waals surface area contributed by atoms with Gasteiger partial charge in [0.05, 0.1) is 15.9 Å². The first-order valence-electron chi connectivity index (χ1n) is 8.12. The largest absolute Gasteiger partial charge is 0.506 e. The summed E-state index contributed by atoms with van der Waals surface area (Å²) < 4.78 is 6.05. The van der Waals surface area contributed by atoms with Gasteiger partial charge in [0.25, 0.3) is 11.1 Å². The number of carbonyl (C=O) groups excluding carboxylic acids is 2. The molecule has 2 aromatic rings. The van der Waals surface area contributed by atoms with Gasteiger partial charge in [-0.05, 0) is 80.4 Å². The first kappa shape index (κ1) is 20.8. The smallest absolute Gasteiger partial charge is 0.293 e. The number of thioether (sulfide) groups is 1. The number of rotatable bonds is 5. The summed E-state index contributed by atoms with van der Waals surface area (Å²) in [4.78, 5) is 26.1. The lowest BCUT2D eigenvalue weighted by Gasteiger charge is -2.13. The van der Waals surface area contributed by atoms with E-state index in [1.165, 1.54) is 12.1 Å². The van der Waals surface area contributed by atoms with E-state index in [0.29, 0.717) is 10.2 Å². The van der Waals surface area contributed by atoms with Crippen LogP contribution < -0.4 is 4.74 Å². The fourth-order valence-electron chi connectivity index (χ4n) is 2.52. The zero-order chi connectivity index (χ0) is 20.4. The maximum atomic E-state index is 12.6. The SMILES string of the molecule is Cc1cccc(OCCN2C(=O)S/C(=C\c3cc(Br)c(O)c(Br)c3O)C2=O)c1. The number of benzene rings is 2. The Morgan fingerprint density at radius 3 is 2.64 bits per heavy atom. The Hall–Kier alpha value is -1.97. The summed E-state index contributed by atoms with van der Waals surface area (Å²) in [6.07, 6.45) is 1.41. The predicted octanol–water partition coefficient (Wildman–Crippen LogP) is 5.05. The molecule has 1 aliphatic heterocycles. The van der Waals surface area contributed by atoms with E-state index in [0.717, 1.165) is 22.2 Å². The van der Waals surface area contributed by atoms with Crippen LogP contribution in [-0.4, -0.2) is 39.4 Å². The molecule has 1 fully saturated rings. The normalized spacial score (nSPS) is 15.5. The molecule has 0 aliphatic carbocycles. The number of hydrogen-bond acceptors (Lipinski definition) is 6. The molecule has 0 saturated carbocycles. The molecule has 28 heavy (non-hydrogen) atoms. The van der Waals surface area contributed by atoms with E-state index >= 15 is 0 Å². The number of nitrogens with zero attached hydrogens (tertiary/aromatic N) is 1. The first-order chi connectivity index (χ1) is 13.3. The zero-order valence-electron chi connectivity index (χ0n) is 14.6. The Morgan fingerprint density at radius 1 is 1.18 bits per heavy atom. The molecule has 1 heterocycles. The number of imide groups is 1.